The number of azo groups is 2. The number of carbonyl (C=O) groups excluding carboxylic acids is 1. The number of amides is 1. The highest BCUT2D eigenvalue weighted by Crippen LogP contribution is 2.36. The molecule has 0 radical (unpaired) electrons. The summed E-state index contributed by atoms with van der Waals surface area (Å²) in [5.41, 5.74) is 3.35. The summed E-state index contributed by atoms with van der Waals surface area (Å²) in [6.07, 6.45) is 16.8. The highest BCUT2D eigenvalue weighted by atomic mass is 32.1. The third-order valence-electron chi connectivity index (χ3n) is 9.65. The predicted molar refractivity (Wildman–Crippen MR) is 214 cm³/mol. The summed E-state index contributed by atoms with van der Waals surface area (Å²) in [5, 5.41) is 31.5. The number of nitriles is 1. The smallest absolute Gasteiger partial charge is 0.371 e. The van der Waals surface area contributed by atoms with E-state index in [0.717, 1.165) is 57.3 Å². The summed E-state index contributed by atoms with van der Waals surface area (Å²) in [6, 6.07) is 12.9. The molecule has 52 heavy (non-hydrogen) atoms. The van der Waals surface area contributed by atoms with Gasteiger partial charge in [0.1, 0.15) is 11.9 Å². The molecule has 3 rings (SSSR count). The average Bonchev–Trinajstić information content (AvgIpc) is 3.58. The van der Waals surface area contributed by atoms with Crippen molar-refractivity contribution in [3.8, 4) is 6.19 Å². The van der Waals surface area contributed by atoms with Crippen molar-refractivity contribution in [2.45, 2.75) is 119 Å². The van der Waals surface area contributed by atoms with E-state index in [2.05, 4.69) is 95.4 Å². The Morgan fingerprint density at radius 3 is 2.06 bits per heavy atom. The van der Waals surface area contributed by atoms with Gasteiger partial charge >= 0.3 is 11.3 Å². The van der Waals surface area contributed by atoms with Crippen LogP contribution in [0.3, 0.4) is 0 Å². The number of nitrogens with one attached hydrogen (secondary N) is 1. The quantitative estimate of drug-likeness (QED) is 0.0596. The summed E-state index contributed by atoms with van der Waals surface area (Å²) < 4.78 is 1.30. The van der Waals surface area contributed by atoms with Crippen molar-refractivity contribution in [1.82, 2.24) is 0 Å². The number of unbranched alkanes of at least 4 members (excludes halogenated alkanes) is 3. The number of aromatic nitrogens is 1. The normalized spacial score (nSPS) is 13.2. The molecule has 0 saturated heterocycles. The summed E-state index contributed by atoms with van der Waals surface area (Å²) in [6.45, 7) is 22.4. The van der Waals surface area contributed by atoms with Gasteiger partial charge in [-0.3, -0.25) is 4.79 Å². The minimum Gasteiger partial charge on any atom is -0.371 e. The maximum Gasteiger partial charge on any atom is 0.376 e. The first-order valence-electron chi connectivity index (χ1n) is 19.3. The lowest BCUT2D eigenvalue weighted by Gasteiger charge is -2.33. The second-order valence-corrected chi connectivity index (χ2v) is 14.5. The molecule has 0 bridgehead atoms. The number of thiazole rings is 1. The zero-order valence-electron chi connectivity index (χ0n) is 32.1. The molecule has 1 N–H and O–H groups in total. The molecule has 2 aromatic carbocycles. The lowest BCUT2D eigenvalue weighted by molar-refractivity contribution is -0.567. The van der Waals surface area contributed by atoms with Crippen molar-refractivity contribution in [2.75, 3.05) is 23.3 Å². The van der Waals surface area contributed by atoms with E-state index in [9.17, 15) is 10.1 Å². The van der Waals surface area contributed by atoms with Crippen molar-refractivity contribution in [1.29, 1.82) is 5.26 Å². The molecule has 278 valence electrons. The Balaban J connectivity index is 2.02. The topological polar surface area (TPSA) is 114 Å². The maximum atomic E-state index is 13.7. The van der Waals surface area contributed by atoms with Crippen LogP contribution in [0.2, 0.25) is 0 Å². The fourth-order valence-corrected chi connectivity index (χ4v) is 6.88. The van der Waals surface area contributed by atoms with E-state index in [0.29, 0.717) is 44.7 Å². The van der Waals surface area contributed by atoms with Gasteiger partial charge in [-0.25, -0.2) is 4.85 Å². The summed E-state index contributed by atoms with van der Waals surface area (Å²) in [5.74, 6) is 1.08. The van der Waals surface area contributed by atoms with E-state index in [-0.39, 0.29) is 11.8 Å². The van der Waals surface area contributed by atoms with Crippen molar-refractivity contribution in [3.05, 3.63) is 60.1 Å². The van der Waals surface area contributed by atoms with Crippen LogP contribution in [0.15, 0.2) is 69.1 Å². The van der Waals surface area contributed by atoms with Crippen LogP contribution in [0.4, 0.5) is 38.6 Å². The number of nitrogens with zero attached hydrogens (tertiary/aromatic N) is 8. The van der Waals surface area contributed by atoms with E-state index in [4.69, 9.17) is 6.57 Å². The fourth-order valence-electron chi connectivity index (χ4n) is 6.18. The first kappa shape index (κ1) is 41.9. The first-order valence-corrected chi connectivity index (χ1v) is 20.1. The van der Waals surface area contributed by atoms with Gasteiger partial charge in [-0.2, -0.15) is 0 Å². The third-order valence-corrected chi connectivity index (χ3v) is 10.5. The van der Waals surface area contributed by atoms with E-state index in [1.54, 1.807) is 30.5 Å². The molecule has 10 nitrogen and oxygen atoms in total. The Kier molecular flexibility index (Phi) is 18.7. The third kappa shape index (κ3) is 13.2. The molecule has 0 spiro atoms. The number of benzene rings is 2. The molecular formula is C41H58N9OS+. The largest absolute Gasteiger partial charge is 0.376 e. The average molecular weight is 725 g/mol. The van der Waals surface area contributed by atoms with Gasteiger partial charge in [0.25, 0.3) is 0 Å². The molecule has 1 heterocycles. The predicted octanol–water partition coefficient (Wildman–Crippen LogP) is 13.1. The molecule has 0 fully saturated rings. The highest BCUT2D eigenvalue weighted by molar-refractivity contribution is 7.18. The molecule has 1 aromatic heterocycles. The summed E-state index contributed by atoms with van der Waals surface area (Å²) >= 11 is 1.18. The zero-order valence-corrected chi connectivity index (χ0v) is 33.0. The van der Waals surface area contributed by atoms with E-state index >= 15 is 0 Å². The lowest BCUT2D eigenvalue weighted by atomic mass is 9.95. The van der Waals surface area contributed by atoms with Crippen LogP contribution in [0.1, 0.15) is 119 Å². The lowest BCUT2D eigenvalue weighted by Crippen LogP contribution is -2.34. The van der Waals surface area contributed by atoms with Crippen molar-refractivity contribution >= 4 is 55.8 Å². The summed E-state index contributed by atoms with van der Waals surface area (Å²) in [4.78, 5) is 19.6. The van der Waals surface area contributed by atoms with Crippen LogP contribution in [-0.2, 0) is 4.79 Å². The molecule has 11 heteroatoms. The minimum atomic E-state index is -0.0925. The Hall–Kier alpha value is -4.48. The SMILES string of the molecule is [C-]#[N+]c1ccc(N=Nc2c[n+](C#N)c(N=Nc3ccc(N(CC(CC)CCCC)CC(CC)CCCC)cc3NC(=O)C(CC)CCCC)s2)cc1. The number of anilines is 2. The van der Waals surface area contributed by atoms with Crippen LogP contribution in [0, 0.1) is 35.8 Å². The Morgan fingerprint density at radius 2 is 1.50 bits per heavy atom. The molecule has 3 aromatic rings. The van der Waals surface area contributed by atoms with Crippen LogP contribution in [-0.4, -0.2) is 19.0 Å². The molecule has 0 aliphatic carbocycles. The van der Waals surface area contributed by atoms with E-state index in [1.807, 2.05) is 6.07 Å². The van der Waals surface area contributed by atoms with Crippen LogP contribution in [0.25, 0.3) is 4.85 Å². The number of carbonyl (C=O) groups is 1. The second kappa shape index (κ2) is 23.2. The molecule has 0 saturated carbocycles. The Labute approximate surface area is 315 Å². The Morgan fingerprint density at radius 1 is 0.865 bits per heavy atom. The van der Waals surface area contributed by atoms with Gasteiger partial charge in [0.15, 0.2) is 10.7 Å². The second-order valence-electron chi connectivity index (χ2n) is 13.5. The molecule has 3 atom stereocenters. The molecule has 1 amide bonds. The van der Waals surface area contributed by atoms with Crippen LogP contribution < -0.4 is 14.8 Å². The van der Waals surface area contributed by atoms with E-state index in [1.165, 1.54) is 54.4 Å². The molecular weight excluding hydrogens is 667 g/mol. The maximum absolute atomic E-state index is 13.7. The van der Waals surface area contributed by atoms with Crippen LogP contribution in [0.5, 0.6) is 0 Å². The zero-order chi connectivity index (χ0) is 37.7. The van der Waals surface area contributed by atoms with Gasteiger partial charge in [0.05, 0.1) is 17.9 Å². The van der Waals surface area contributed by atoms with E-state index < -0.39 is 0 Å². The standard InChI is InChI=1S/C41H57N9OS/c1-8-14-17-31(11-4)27-49(28-32(12-5)18-15-9-2)36-24-25-37(38(26-36)44-40(51)33(13-6)19-16-10-3)46-48-41-50(30-42)29-39(52-41)47-45-35-22-20-34(43-7)21-23-35/h20-26,29,31-33H,8-19,27-28H2,1-6H3/p+1. The minimum absolute atomic E-state index is 0.00444. The van der Waals surface area contributed by atoms with Gasteiger partial charge < -0.3 is 10.2 Å². The first-order chi connectivity index (χ1) is 25.3. The number of hydrogen-bond donors (Lipinski definition) is 1. The van der Waals surface area contributed by atoms with Crippen molar-refractivity contribution < 1.29 is 9.36 Å². The highest BCUT2D eigenvalue weighted by Gasteiger charge is 2.22. The molecule has 3 unspecified atom stereocenters. The number of hydrogen-bond acceptors (Lipinski definition) is 8. The molecule has 0 aliphatic rings. The monoisotopic (exact) mass is 724 g/mol. The van der Waals surface area contributed by atoms with Gasteiger partial charge in [-0.15, -0.1) is 14.8 Å². The molecule has 0 aliphatic heterocycles. The van der Waals surface area contributed by atoms with Gasteiger partial charge in [-0.1, -0.05) is 110 Å². The van der Waals surface area contributed by atoms with Gasteiger partial charge in [0, 0.05) is 35.1 Å². The fraction of sp³-hybridized carbons (Fsp3) is 0.561. The van der Waals surface area contributed by atoms with Crippen molar-refractivity contribution in [3.63, 3.8) is 0 Å². The number of rotatable bonds is 23. The van der Waals surface area contributed by atoms with Crippen molar-refractivity contribution in [2.24, 2.45) is 38.2 Å². The van der Waals surface area contributed by atoms with Gasteiger partial charge in [0.2, 0.25) is 5.91 Å². The van der Waals surface area contributed by atoms with Crippen LogP contribution >= 0.6 is 11.3 Å². The van der Waals surface area contributed by atoms with Gasteiger partial charge in [-0.05, 0) is 79.2 Å². The Bertz CT molecular complexity index is 1650. The summed E-state index contributed by atoms with van der Waals surface area (Å²) in [7, 11) is 0.